The molecule has 3 unspecified atom stereocenters. The lowest BCUT2D eigenvalue weighted by molar-refractivity contribution is -0.136. The van der Waals surface area contributed by atoms with Crippen LogP contribution in [0.5, 0.6) is 0 Å². The van der Waals surface area contributed by atoms with E-state index in [1.807, 2.05) is 36.4 Å². The van der Waals surface area contributed by atoms with E-state index in [0.29, 0.717) is 29.0 Å². The number of rotatable bonds is 4. The van der Waals surface area contributed by atoms with Crippen LogP contribution in [0.15, 0.2) is 42.5 Å². The predicted octanol–water partition coefficient (Wildman–Crippen LogP) is 2.95. The summed E-state index contributed by atoms with van der Waals surface area (Å²) in [6, 6.07) is 15.7. The maximum Gasteiger partial charge on any atom is 0.270 e. The zero-order chi connectivity index (χ0) is 23.3. The molecule has 5 aliphatic rings. The molecule has 5 fully saturated rings. The molecule has 1 aromatic carbocycles. The summed E-state index contributed by atoms with van der Waals surface area (Å²) in [4.78, 5) is 22.4. The van der Waals surface area contributed by atoms with Crippen molar-refractivity contribution >= 4 is 17.4 Å². The second-order valence-corrected chi connectivity index (χ2v) is 10.7. The van der Waals surface area contributed by atoms with Crippen molar-refractivity contribution in [3.8, 4) is 6.07 Å². The van der Waals surface area contributed by atoms with Crippen LogP contribution in [0.1, 0.15) is 48.2 Å². The van der Waals surface area contributed by atoms with E-state index in [4.69, 9.17) is 10.2 Å². The summed E-state index contributed by atoms with van der Waals surface area (Å²) in [7, 11) is 0. The molecule has 2 heterocycles. The average Bonchev–Trinajstić information content (AvgIpc) is 2.85. The van der Waals surface area contributed by atoms with Crippen molar-refractivity contribution in [2.24, 2.45) is 17.8 Å². The van der Waals surface area contributed by atoms with Gasteiger partial charge in [-0.15, -0.1) is 0 Å². The van der Waals surface area contributed by atoms with Gasteiger partial charge in [0.15, 0.2) is 0 Å². The van der Waals surface area contributed by atoms with Crippen LogP contribution in [0.4, 0.5) is 11.5 Å². The first kappa shape index (κ1) is 21.4. The van der Waals surface area contributed by atoms with E-state index in [2.05, 4.69) is 21.2 Å². The van der Waals surface area contributed by atoms with Crippen molar-refractivity contribution in [2.45, 2.75) is 43.7 Å². The molecule has 1 aromatic heterocycles. The molecule has 5 atom stereocenters. The van der Waals surface area contributed by atoms with E-state index in [1.54, 1.807) is 6.07 Å². The Kier molecular flexibility index (Phi) is 5.22. The molecule has 0 radical (unpaired) electrons. The predicted molar refractivity (Wildman–Crippen MR) is 130 cm³/mol. The Morgan fingerprint density at radius 1 is 1.00 bits per heavy atom. The second kappa shape index (κ2) is 8.28. The summed E-state index contributed by atoms with van der Waals surface area (Å²) in [6.07, 6.45) is 4.84. The number of amides is 1. The number of hydrogen-bond donors (Lipinski definition) is 2. The van der Waals surface area contributed by atoms with Crippen molar-refractivity contribution in [3.63, 3.8) is 0 Å². The second-order valence-electron chi connectivity index (χ2n) is 10.7. The van der Waals surface area contributed by atoms with Gasteiger partial charge < -0.3 is 20.2 Å². The van der Waals surface area contributed by atoms with Crippen LogP contribution in [-0.4, -0.2) is 53.8 Å². The maximum absolute atomic E-state index is 13.2. The fraction of sp³-hybridized carbons (Fsp3) is 0.519. The molecular weight excluding hydrogens is 426 g/mol. The minimum Gasteiger partial charge on any atom is -0.390 e. The average molecular weight is 458 g/mol. The fourth-order valence-electron chi connectivity index (χ4n) is 7.11. The SMILES string of the molecule is N#Cc1ccc(N2CCN(c3cccc(C(=O)NC4[C@@H]5CC6C[C@H]4CC(O)(C6)C5)n3)CC2)cc1. The van der Waals surface area contributed by atoms with Gasteiger partial charge in [-0.25, -0.2) is 4.98 Å². The molecule has 4 aliphatic carbocycles. The molecule has 1 amide bonds. The maximum atomic E-state index is 13.2. The molecule has 7 nitrogen and oxygen atoms in total. The smallest absolute Gasteiger partial charge is 0.270 e. The summed E-state index contributed by atoms with van der Waals surface area (Å²) in [5, 5.41) is 23.1. The molecule has 7 heteroatoms. The van der Waals surface area contributed by atoms with Gasteiger partial charge in [0.25, 0.3) is 5.91 Å². The molecule has 4 bridgehead atoms. The van der Waals surface area contributed by atoms with E-state index in [-0.39, 0.29) is 11.9 Å². The van der Waals surface area contributed by atoms with Crippen LogP contribution in [0.3, 0.4) is 0 Å². The Bertz CT molecular complexity index is 1100. The van der Waals surface area contributed by atoms with Gasteiger partial charge in [0.05, 0.1) is 17.2 Å². The van der Waals surface area contributed by atoms with Gasteiger partial charge in [-0.05, 0) is 86.3 Å². The zero-order valence-electron chi connectivity index (χ0n) is 19.4. The molecule has 34 heavy (non-hydrogen) atoms. The van der Waals surface area contributed by atoms with Gasteiger partial charge in [0.1, 0.15) is 11.5 Å². The molecule has 176 valence electrons. The zero-order valence-corrected chi connectivity index (χ0v) is 19.4. The van der Waals surface area contributed by atoms with Crippen LogP contribution in [0, 0.1) is 29.1 Å². The molecule has 0 spiro atoms. The van der Waals surface area contributed by atoms with E-state index < -0.39 is 5.60 Å². The van der Waals surface area contributed by atoms with Gasteiger partial charge in [-0.1, -0.05) is 6.07 Å². The van der Waals surface area contributed by atoms with Gasteiger partial charge in [0, 0.05) is 37.9 Å². The number of nitriles is 1. The van der Waals surface area contributed by atoms with Gasteiger partial charge in [-0.3, -0.25) is 4.79 Å². The molecule has 2 aromatic rings. The lowest BCUT2D eigenvalue weighted by Gasteiger charge is -2.58. The van der Waals surface area contributed by atoms with Crippen LogP contribution in [0.25, 0.3) is 0 Å². The monoisotopic (exact) mass is 457 g/mol. The number of benzene rings is 1. The number of pyridine rings is 1. The van der Waals surface area contributed by atoms with Crippen molar-refractivity contribution in [1.82, 2.24) is 10.3 Å². The normalized spacial score (nSPS) is 31.9. The number of nitrogens with one attached hydrogen (secondary N) is 1. The van der Waals surface area contributed by atoms with Crippen molar-refractivity contribution in [1.29, 1.82) is 5.26 Å². The molecule has 1 aliphatic heterocycles. The van der Waals surface area contributed by atoms with Crippen LogP contribution in [0.2, 0.25) is 0 Å². The number of carbonyl (C=O) groups excluding carboxylic acids is 1. The Labute approximate surface area is 200 Å². The lowest BCUT2D eigenvalue weighted by atomic mass is 9.52. The quantitative estimate of drug-likeness (QED) is 0.733. The molecule has 7 rings (SSSR count). The van der Waals surface area contributed by atoms with E-state index >= 15 is 0 Å². The number of aliphatic hydroxyl groups is 1. The lowest BCUT2D eigenvalue weighted by Crippen LogP contribution is -2.61. The summed E-state index contributed by atoms with van der Waals surface area (Å²) >= 11 is 0. The first-order chi connectivity index (χ1) is 16.5. The minimum absolute atomic E-state index is 0.0949. The topological polar surface area (TPSA) is 92.5 Å². The van der Waals surface area contributed by atoms with Gasteiger partial charge in [0.2, 0.25) is 0 Å². The summed E-state index contributed by atoms with van der Waals surface area (Å²) < 4.78 is 0. The summed E-state index contributed by atoms with van der Waals surface area (Å²) in [6.45, 7) is 3.37. The number of hydrogen-bond acceptors (Lipinski definition) is 6. The van der Waals surface area contributed by atoms with Crippen molar-refractivity contribution in [3.05, 3.63) is 53.7 Å². The first-order valence-corrected chi connectivity index (χ1v) is 12.5. The van der Waals surface area contributed by atoms with Crippen LogP contribution >= 0.6 is 0 Å². The van der Waals surface area contributed by atoms with Crippen LogP contribution < -0.4 is 15.1 Å². The Hall–Kier alpha value is -3.11. The van der Waals surface area contributed by atoms with Crippen molar-refractivity contribution in [2.75, 3.05) is 36.0 Å². The van der Waals surface area contributed by atoms with E-state index in [9.17, 15) is 9.90 Å². The van der Waals surface area contributed by atoms with Gasteiger partial charge >= 0.3 is 0 Å². The third kappa shape index (κ3) is 3.90. The number of carbonyl (C=O) groups is 1. The third-order valence-corrected chi connectivity index (χ3v) is 8.47. The van der Waals surface area contributed by atoms with E-state index in [0.717, 1.165) is 69.8 Å². The Morgan fingerprint density at radius 3 is 2.32 bits per heavy atom. The van der Waals surface area contributed by atoms with Gasteiger partial charge in [-0.2, -0.15) is 5.26 Å². The standard InChI is InChI=1S/C27H31N5O2/c28-17-18-4-6-22(7-5-18)31-8-10-32(11-9-31)24-3-1-2-23(29-24)26(33)30-25-20-12-19-13-21(25)16-27(34,14-19)15-20/h1-7,19-21,25,34H,8-16H2,(H,30,33)/t19?,20-,21+,25?,27?. The highest BCUT2D eigenvalue weighted by molar-refractivity contribution is 5.93. The highest BCUT2D eigenvalue weighted by atomic mass is 16.3. The molecular formula is C27H31N5O2. The largest absolute Gasteiger partial charge is 0.390 e. The molecule has 2 N–H and O–H groups in total. The molecule has 4 saturated carbocycles. The third-order valence-electron chi connectivity index (χ3n) is 8.47. The van der Waals surface area contributed by atoms with Crippen LogP contribution in [-0.2, 0) is 0 Å². The minimum atomic E-state index is -0.490. The highest BCUT2D eigenvalue weighted by Gasteiger charge is 2.55. The van der Waals surface area contributed by atoms with E-state index in [1.165, 1.54) is 0 Å². The van der Waals surface area contributed by atoms with Crippen molar-refractivity contribution < 1.29 is 9.90 Å². The number of nitrogens with zero attached hydrogens (tertiary/aromatic N) is 4. The summed E-state index contributed by atoms with van der Waals surface area (Å²) in [5.41, 5.74) is 1.78. The number of anilines is 2. The number of piperazine rings is 1. The first-order valence-electron chi connectivity index (χ1n) is 12.5. The Balaban J connectivity index is 1.09. The number of aromatic nitrogens is 1. The molecule has 1 saturated heterocycles. The fourth-order valence-corrected chi connectivity index (χ4v) is 7.11. The Morgan fingerprint density at radius 2 is 1.68 bits per heavy atom. The summed E-state index contributed by atoms with van der Waals surface area (Å²) in [5.74, 6) is 2.14. The highest BCUT2D eigenvalue weighted by Crippen LogP contribution is 2.55.